The van der Waals surface area contributed by atoms with Crippen LogP contribution in [0, 0.1) is 6.92 Å². The minimum atomic E-state index is -0.439. The number of nitrogens with one attached hydrogen (secondary N) is 1. The van der Waals surface area contributed by atoms with Crippen LogP contribution in [0.25, 0.3) is 16.7 Å². The highest BCUT2D eigenvalue weighted by molar-refractivity contribution is 8.00. The van der Waals surface area contributed by atoms with Crippen molar-refractivity contribution >= 4 is 51.1 Å². The predicted octanol–water partition coefficient (Wildman–Crippen LogP) is 3.49. The third-order valence-electron chi connectivity index (χ3n) is 4.17. The number of anilines is 1. The molecule has 0 unspecified atom stereocenters. The highest BCUT2D eigenvalue weighted by Crippen LogP contribution is 2.27. The van der Waals surface area contributed by atoms with Crippen molar-refractivity contribution in [2.24, 2.45) is 0 Å². The van der Waals surface area contributed by atoms with E-state index in [4.69, 9.17) is 4.74 Å². The fourth-order valence-electron chi connectivity index (χ4n) is 2.82. The second-order valence-corrected chi connectivity index (χ2v) is 8.26. The molecule has 0 radical (unpaired) electrons. The van der Waals surface area contributed by atoms with E-state index < -0.39 is 5.97 Å². The van der Waals surface area contributed by atoms with E-state index in [0.717, 1.165) is 22.4 Å². The SMILES string of the molecule is CCOC(=O)c1sc(NC(=O)CSc2ncnc3c2cnn3-c2ccccc2)nc1C. The number of hydrogen-bond donors (Lipinski definition) is 1. The molecule has 4 rings (SSSR count). The Hall–Kier alpha value is -3.31. The third-order valence-corrected chi connectivity index (χ3v) is 6.23. The summed E-state index contributed by atoms with van der Waals surface area (Å²) < 4.78 is 6.73. The van der Waals surface area contributed by atoms with Gasteiger partial charge in [0.1, 0.15) is 16.2 Å². The van der Waals surface area contributed by atoms with E-state index in [9.17, 15) is 9.59 Å². The van der Waals surface area contributed by atoms with Crippen molar-refractivity contribution in [1.29, 1.82) is 0 Å². The highest BCUT2D eigenvalue weighted by atomic mass is 32.2. The molecular weight excluding hydrogens is 436 g/mol. The summed E-state index contributed by atoms with van der Waals surface area (Å²) >= 11 is 2.38. The molecule has 0 aliphatic heterocycles. The van der Waals surface area contributed by atoms with Gasteiger partial charge < -0.3 is 10.1 Å². The summed E-state index contributed by atoms with van der Waals surface area (Å²) in [4.78, 5) is 37.6. The van der Waals surface area contributed by atoms with Crippen LogP contribution < -0.4 is 5.32 Å². The molecular formula is C20H18N6O3S2. The lowest BCUT2D eigenvalue weighted by Crippen LogP contribution is -2.14. The fraction of sp³-hybridized carbons (Fsp3) is 0.200. The molecule has 0 spiro atoms. The van der Waals surface area contributed by atoms with Gasteiger partial charge in [0.15, 0.2) is 10.8 Å². The van der Waals surface area contributed by atoms with Gasteiger partial charge in [0.05, 0.1) is 35.3 Å². The maximum atomic E-state index is 12.4. The number of thioether (sulfide) groups is 1. The van der Waals surface area contributed by atoms with Gasteiger partial charge in [0.25, 0.3) is 0 Å². The van der Waals surface area contributed by atoms with Crippen molar-refractivity contribution in [1.82, 2.24) is 24.7 Å². The quantitative estimate of drug-likeness (QED) is 0.257. The van der Waals surface area contributed by atoms with E-state index in [1.165, 1.54) is 18.1 Å². The van der Waals surface area contributed by atoms with Crippen LogP contribution in [0.2, 0.25) is 0 Å². The first-order valence-electron chi connectivity index (χ1n) is 9.38. The summed E-state index contributed by atoms with van der Waals surface area (Å²) in [5.74, 6) is -0.571. The second kappa shape index (κ2) is 9.23. The Labute approximate surface area is 185 Å². The molecule has 11 heteroatoms. The van der Waals surface area contributed by atoms with Crippen LogP contribution in [0.3, 0.4) is 0 Å². The van der Waals surface area contributed by atoms with Gasteiger partial charge in [-0.15, -0.1) is 0 Å². The Morgan fingerprint density at radius 1 is 1.23 bits per heavy atom. The average Bonchev–Trinajstić information content (AvgIpc) is 3.36. The number of nitrogens with zero attached hydrogens (tertiary/aromatic N) is 5. The number of aryl methyl sites for hydroxylation is 1. The topological polar surface area (TPSA) is 112 Å². The number of benzene rings is 1. The van der Waals surface area contributed by atoms with Crippen molar-refractivity contribution in [3.63, 3.8) is 0 Å². The predicted molar refractivity (Wildman–Crippen MR) is 119 cm³/mol. The molecule has 0 aliphatic rings. The minimum absolute atomic E-state index is 0.121. The fourth-order valence-corrected chi connectivity index (χ4v) is 4.46. The molecule has 9 nitrogen and oxygen atoms in total. The number of aromatic nitrogens is 5. The molecule has 1 N–H and O–H groups in total. The zero-order valence-corrected chi connectivity index (χ0v) is 18.4. The van der Waals surface area contributed by atoms with Gasteiger partial charge in [-0.25, -0.2) is 24.4 Å². The number of thiazole rings is 1. The highest BCUT2D eigenvalue weighted by Gasteiger charge is 2.18. The smallest absolute Gasteiger partial charge is 0.350 e. The first kappa shape index (κ1) is 20.9. The van der Waals surface area contributed by atoms with Gasteiger partial charge in [-0.3, -0.25) is 4.79 Å². The molecule has 0 aliphatic carbocycles. The van der Waals surface area contributed by atoms with Gasteiger partial charge in [0, 0.05) is 0 Å². The van der Waals surface area contributed by atoms with Crippen LogP contribution in [0.1, 0.15) is 22.3 Å². The Bertz CT molecular complexity index is 1240. The van der Waals surface area contributed by atoms with Gasteiger partial charge in [0.2, 0.25) is 5.91 Å². The molecule has 3 aromatic heterocycles. The van der Waals surface area contributed by atoms with E-state index in [0.29, 0.717) is 26.4 Å². The first-order chi connectivity index (χ1) is 15.1. The number of ether oxygens (including phenoxy) is 1. The number of para-hydroxylation sites is 1. The standard InChI is InChI=1S/C20H18N6O3S2/c1-3-29-19(28)16-12(2)24-20(31-16)25-15(27)10-30-18-14-9-23-26(17(14)21-11-22-18)13-7-5-4-6-8-13/h4-9,11H,3,10H2,1-2H3,(H,24,25,27). The van der Waals surface area contributed by atoms with Gasteiger partial charge in [-0.05, 0) is 26.0 Å². The second-order valence-electron chi connectivity index (χ2n) is 6.30. The normalized spacial score (nSPS) is 10.9. The zero-order chi connectivity index (χ0) is 21.8. The Morgan fingerprint density at radius 2 is 2.03 bits per heavy atom. The molecule has 0 saturated carbocycles. The van der Waals surface area contributed by atoms with Crippen LogP contribution >= 0.6 is 23.1 Å². The number of carbonyl (C=O) groups is 2. The Balaban J connectivity index is 1.45. The molecule has 4 aromatic rings. The molecule has 158 valence electrons. The maximum Gasteiger partial charge on any atom is 0.350 e. The lowest BCUT2D eigenvalue weighted by molar-refractivity contribution is -0.113. The van der Waals surface area contributed by atoms with Crippen molar-refractivity contribution < 1.29 is 14.3 Å². The van der Waals surface area contributed by atoms with Crippen LogP contribution in [0.4, 0.5) is 5.13 Å². The summed E-state index contributed by atoms with van der Waals surface area (Å²) in [6.45, 7) is 3.72. The molecule has 0 atom stereocenters. The van der Waals surface area contributed by atoms with Gasteiger partial charge in [-0.2, -0.15) is 5.10 Å². The maximum absolute atomic E-state index is 12.4. The molecule has 0 fully saturated rings. The molecule has 0 saturated heterocycles. The first-order valence-corrected chi connectivity index (χ1v) is 11.2. The number of hydrogen-bond acceptors (Lipinski definition) is 9. The van der Waals surface area contributed by atoms with E-state index in [-0.39, 0.29) is 18.3 Å². The summed E-state index contributed by atoms with van der Waals surface area (Å²) in [6.07, 6.45) is 3.15. The van der Waals surface area contributed by atoms with Crippen LogP contribution in [-0.4, -0.2) is 49.0 Å². The Kier molecular flexibility index (Phi) is 6.23. The lowest BCUT2D eigenvalue weighted by Gasteiger charge is -2.04. The largest absolute Gasteiger partial charge is 0.462 e. The number of carbonyl (C=O) groups excluding carboxylic acids is 2. The Morgan fingerprint density at radius 3 is 2.81 bits per heavy atom. The van der Waals surface area contributed by atoms with E-state index in [1.807, 2.05) is 30.3 Å². The van der Waals surface area contributed by atoms with Gasteiger partial charge >= 0.3 is 5.97 Å². The molecule has 1 aromatic carbocycles. The average molecular weight is 455 g/mol. The summed E-state index contributed by atoms with van der Waals surface area (Å²) in [7, 11) is 0. The number of fused-ring (bicyclic) bond motifs is 1. The summed E-state index contributed by atoms with van der Waals surface area (Å²) in [5, 5.41) is 8.92. The zero-order valence-electron chi connectivity index (χ0n) is 16.7. The number of amides is 1. The molecule has 31 heavy (non-hydrogen) atoms. The van der Waals surface area contributed by atoms with E-state index in [1.54, 1.807) is 24.7 Å². The van der Waals surface area contributed by atoms with E-state index >= 15 is 0 Å². The summed E-state index contributed by atoms with van der Waals surface area (Å²) in [5.41, 5.74) is 2.08. The van der Waals surface area contributed by atoms with Crippen molar-refractivity contribution in [2.45, 2.75) is 18.9 Å². The van der Waals surface area contributed by atoms with Crippen molar-refractivity contribution in [2.75, 3.05) is 17.7 Å². The van der Waals surface area contributed by atoms with Crippen LogP contribution in [0.15, 0.2) is 47.9 Å². The van der Waals surface area contributed by atoms with Crippen LogP contribution in [-0.2, 0) is 9.53 Å². The van der Waals surface area contributed by atoms with Gasteiger partial charge in [-0.1, -0.05) is 41.3 Å². The minimum Gasteiger partial charge on any atom is -0.462 e. The molecule has 1 amide bonds. The third kappa shape index (κ3) is 4.57. The summed E-state index contributed by atoms with van der Waals surface area (Å²) in [6, 6.07) is 9.67. The van der Waals surface area contributed by atoms with E-state index in [2.05, 4.69) is 25.4 Å². The van der Waals surface area contributed by atoms with Crippen LogP contribution in [0.5, 0.6) is 0 Å². The lowest BCUT2D eigenvalue weighted by atomic mass is 10.3. The monoisotopic (exact) mass is 454 g/mol. The number of rotatable bonds is 7. The van der Waals surface area contributed by atoms with Crippen molar-refractivity contribution in [3.8, 4) is 5.69 Å². The number of esters is 1. The molecule has 0 bridgehead atoms. The molecule has 3 heterocycles. The van der Waals surface area contributed by atoms with Crippen molar-refractivity contribution in [3.05, 3.63) is 53.4 Å².